The minimum atomic E-state index is -1.22. The molecule has 6 heteroatoms. The maximum atomic E-state index is 10.1. The molecular weight excluding hydrogens is 202 g/mol. The average molecular weight is 217 g/mol. The van der Waals surface area contributed by atoms with Crippen molar-refractivity contribution in [2.24, 2.45) is 4.99 Å². The van der Waals surface area contributed by atoms with Crippen LogP contribution in [0.3, 0.4) is 0 Å². The van der Waals surface area contributed by atoms with E-state index in [-0.39, 0.29) is 13.0 Å². The molecule has 86 valence electrons. The van der Waals surface area contributed by atoms with Gasteiger partial charge in [0.1, 0.15) is 18.3 Å². The molecule has 0 radical (unpaired) electrons. The number of rotatable bonds is 3. The average Bonchev–Trinajstić information content (AvgIpc) is 2.20. The Bertz CT molecular complexity index is 255. The Morgan fingerprint density at radius 2 is 2.13 bits per heavy atom. The van der Waals surface area contributed by atoms with E-state index < -0.39 is 24.4 Å². The first-order valence-electron chi connectivity index (χ1n) is 4.69. The van der Waals surface area contributed by atoms with Crippen molar-refractivity contribution in [2.75, 3.05) is 6.61 Å². The monoisotopic (exact) mass is 217 g/mol. The lowest BCUT2D eigenvalue weighted by Crippen LogP contribution is -2.53. The highest BCUT2D eigenvalue weighted by molar-refractivity contribution is 5.87. The van der Waals surface area contributed by atoms with Gasteiger partial charge in [-0.2, -0.15) is 0 Å². The highest BCUT2D eigenvalue weighted by Gasteiger charge is 2.37. The molecule has 1 rings (SSSR count). The van der Waals surface area contributed by atoms with Crippen LogP contribution in [0, 0.1) is 0 Å². The maximum absolute atomic E-state index is 10.1. The molecule has 0 aromatic rings. The van der Waals surface area contributed by atoms with Gasteiger partial charge in [-0.05, 0) is 6.92 Å². The highest BCUT2D eigenvalue weighted by atomic mass is 16.5. The van der Waals surface area contributed by atoms with Crippen molar-refractivity contribution in [1.29, 1.82) is 0 Å². The third-order valence-corrected chi connectivity index (χ3v) is 2.38. The summed E-state index contributed by atoms with van der Waals surface area (Å²) >= 11 is 0. The van der Waals surface area contributed by atoms with Gasteiger partial charge >= 0.3 is 0 Å². The summed E-state index contributed by atoms with van der Waals surface area (Å²) in [6.45, 7) is 1.60. The second kappa shape index (κ2) is 5.32. The van der Waals surface area contributed by atoms with Crippen molar-refractivity contribution in [2.45, 2.75) is 37.8 Å². The van der Waals surface area contributed by atoms with Crippen molar-refractivity contribution in [3.8, 4) is 0 Å². The summed E-state index contributed by atoms with van der Waals surface area (Å²) in [6, 6.07) is 0. The summed E-state index contributed by atoms with van der Waals surface area (Å²) in [7, 11) is 0. The first-order chi connectivity index (χ1) is 7.06. The quantitative estimate of drug-likeness (QED) is 0.393. The van der Waals surface area contributed by atoms with Crippen molar-refractivity contribution >= 4 is 12.1 Å². The molecule has 4 atom stereocenters. The number of ether oxygens (including phenoxy) is 1. The standard InChI is InChI=1S/C9H15NO5/c1-5(10-4-11)2-7-9(14)8(13)6(12)3-15-7/h4,6-9,12-14H,2-3H2,1H3. The molecule has 0 aromatic carbocycles. The van der Waals surface area contributed by atoms with E-state index in [1.54, 1.807) is 6.92 Å². The topological polar surface area (TPSA) is 99.3 Å². The van der Waals surface area contributed by atoms with Gasteiger partial charge in [0.15, 0.2) is 0 Å². The molecule has 0 bridgehead atoms. The lowest BCUT2D eigenvalue weighted by Gasteiger charge is -2.35. The van der Waals surface area contributed by atoms with Crippen LogP contribution in [0.4, 0.5) is 0 Å². The molecule has 0 aliphatic carbocycles. The van der Waals surface area contributed by atoms with Gasteiger partial charge in [0.25, 0.3) is 0 Å². The van der Waals surface area contributed by atoms with Crippen molar-refractivity contribution in [1.82, 2.24) is 0 Å². The Morgan fingerprint density at radius 3 is 2.73 bits per heavy atom. The van der Waals surface area contributed by atoms with E-state index >= 15 is 0 Å². The zero-order chi connectivity index (χ0) is 11.4. The van der Waals surface area contributed by atoms with Crippen LogP contribution in [0.15, 0.2) is 4.99 Å². The van der Waals surface area contributed by atoms with Crippen molar-refractivity contribution in [3.63, 3.8) is 0 Å². The van der Waals surface area contributed by atoms with E-state index in [9.17, 15) is 20.1 Å². The Labute approximate surface area is 87.2 Å². The second-order valence-electron chi connectivity index (χ2n) is 3.59. The molecule has 4 unspecified atom stereocenters. The number of carbonyl (C=O) groups excluding carboxylic acids is 1. The van der Waals surface area contributed by atoms with E-state index in [0.29, 0.717) is 12.1 Å². The summed E-state index contributed by atoms with van der Waals surface area (Å²) in [4.78, 5) is 13.6. The largest absolute Gasteiger partial charge is 0.388 e. The van der Waals surface area contributed by atoms with Crippen LogP contribution in [-0.2, 0) is 9.53 Å². The first-order valence-corrected chi connectivity index (χ1v) is 4.69. The second-order valence-corrected chi connectivity index (χ2v) is 3.59. The maximum Gasteiger partial charge on any atom is 0.232 e. The van der Waals surface area contributed by atoms with Gasteiger partial charge < -0.3 is 20.1 Å². The molecule has 1 amide bonds. The van der Waals surface area contributed by atoms with Crippen LogP contribution in [0.25, 0.3) is 0 Å². The molecule has 0 spiro atoms. The van der Waals surface area contributed by atoms with Gasteiger partial charge in [-0.3, -0.25) is 4.79 Å². The fourth-order valence-corrected chi connectivity index (χ4v) is 1.48. The summed E-state index contributed by atoms with van der Waals surface area (Å²) in [5.74, 6) is 0. The SMILES string of the molecule is CC(CC1OCC(O)C(O)C1O)=NC=O. The van der Waals surface area contributed by atoms with Gasteiger partial charge in [0.2, 0.25) is 6.41 Å². The number of nitrogens with zero attached hydrogens (tertiary/aromatic N) is 1. The fourth-order valence-electron chi connectivity index (χ4n) is 1.48. The zero-order valence-corrected chi connectivity index (χ0v) is 8.41. The van der Waals surface area contributed by atoms with E-state index in [1.807, 2.05) is 0 Å². The number of aliphatic hydroxyl groups is 3. The Hall–Kier alpha value is -0.820. The molecule has 3 N–H and O–H groups in total. The molecule has 1 heterocycles. The summed E-state index contributed by atoms with van der Waals surface area (Å²) in [5, 5.41) is 28.1. The smallest absolute Gasteiger partial charge is 0.232 e. The Balaban J connectivity index is 2.56. The molecule has 0 saturated carbocycles. The number of amides is 1. The van der Waals surface area contributed by atoms with Crippen molar-refractivity contribution in [3.05, 3.63) is 0 Å². The van der Waals surface area contributed by atoms with Crippen molar-refractivity contribution < 1.29 is 24.9 Å². The van der Waals surface area contributed by atoms with Crippen LogP contribution >= 0.6 is 0 Å². The minimum Gasteiger partial charge on any atom is -0.388 e. The molecule has 15 heavy (non-hydrogen) atoms. The van der Waals surface area contributed by atoms with Gasteiger partial charge in [-0.1, -0.05) is 0 Å². The third kappa shape index (κ3) is 3.07. The Morgan fingerprint density at radius 1 is 1.47 bits per heavy atom. The normalized spacial score (nSPS) is 37.7. The number of carbonyl (C=O) groups is 1. The molecule has 6 nitrogen and oxygen atoms in total. The lowest BCUT2D eigenvalue weighted by atomic mass is 9.96. The predicted octanol–water partition coefficient (Wildman–Crippen LogP) is -1.52. The highest BCUT2D eigenvalue weighted by Crippen LogP contribution is 2.18. The van der Waals surface area contributed by atoms with Crippen LogP contribution in [0.5, 0.6) is 0 Å². The van der Waals surface area contributed by atoms with Crippen LogP contribution in [0.1, 0.15) is 13.3 Å². The van der Waals surface area contributed by atoms with Crippen LogP contribution < -0.4 is 0 Å². The van der Waals surface area contributed by atoms with E-state index in [0.717, 1.165) is 0 Å². The number of hydrogen-bond donors (Lipinski definition) is 3. The summed E-state index contributed by atoms with van der Waals surface area (Å²) < 4.78 is 5.13. The predicted molar refractivity (Wildman–Crippen MR) is 51.6 cm³/mol. The zero-order valence-electron chi connectivity index (χ0n) is 8.41. The Kier molecular flexibility index (Phi) is 4.34. The number of aliphatic hydroxyl groups excluding tert-OH is 3. The third-order valence-electron chi connectivity index (χ3n) is 2.38. The molecule has 1 aliphatic heterocycles. The van der Waals surface area contributed by atoms with Crippen LogP contribution in [0.2, 0.25) is 0 Å². The van der Waals surface area contributed by atoms with E-state index in [1.165, 1.54) is 0 Å². The van der Waals surface area contributed by atoms with Gasteiger partial charge in [-0.25, -0.2) is 4.99 Å². The molecule has 1 fully saturated rings. The minimum absolute atomic E-state index is 0.0305. The number of aliphatic imine (C=N–C) groups is 1. The summed E-state index contributed by atoms with van der Waals surface area (Å²) in [5.41, 5.74) is 0.512. The van der Waals surface area contributed by atoms with Gasteiger partial charge in [0.05, 0.1) is 12.7 Å². The molecule has 1 aliphatic rings. The molecular formula is C9H15NO5. The molecule has 1 saturated heterocycles. The fraction of sp³-hybridized carbons (Fsp3) is 0.778. The van der Waals surface area contributed by atoms with Gasteiger partial charge in [-0.15, -0.1) is 0 Å². The lowest BCUT2D eigenvalue weighted by molar-refractivity contribution is -0.184. The van der Waals surface area contributed by atoms with E-state index in [4.69, 9.17) is 4.74 Å². The molecule has 0 aromatic heterocycles. The first kappa shape index (κ1) is 12.3. The van der Waals surface area contributed by atoms with Crippen LogP contribution in [-0.4, -0.2) is 58.5 Å². The summed E-state index contributed by atoms with van der Waals surface area (Å²) in [6.07, 6.45) is -3.41. The van der Waals surface area contributed by atoms with E-state index in [2.05, 4.69) is 4.99 Å². The number of hydrogen-bond acceptors (Lipinski definition) is 5. The van der Waals surface area contributed by atoms with Gasteiger partial charge in [0, 0.05) is 12.1 Å².